The van der Waals surface area contributed by atoms with Crippen LogP contribution in [0.1, 0.15) is 5.56 Å². The molecule has 0 bridgehead atoms. The van der Waals surface area contributed by atoms with E-state index in [-0.39, 0.29) is 11.7 Å². The molecule has 0 spiro atoms. The molecule has 4 heteroatoms. The zero-order chi connectivity index (χ0) is 15.4. The normalized spacial score (nSPS) is 11.0. The molecule has 0 aliphatic heterocycles. The maximum absolute atomic E-state index is 12.8. The molecule has 108 valence electrons. The predicted molar refractivity (Wildman–Crippen MR) is 85.8 cm³/mol. The maximum atomic E-state index is 12.8. The van der Waals surface area contributed by atoms with E-state index in [0.717, 1.165) is 16.5 Å². The Morgan fingerprint density at radius 3 is 2.68 bits per heavy atom. The Morgan fingerprint density at radius 1 is 1.09 bits per heavy atom. The number of rotatable bonds is 3. The van der Waals surface area contributed by atoms with Gasteiger partial charge in [-0.05, 0) is 35.9 Å². The van der Waals surface area contributed by atoms with E-state index in [0.29, 0.717) is 5.69 Å². The molecule has 0 fully saturated rings. The van der Waals surface area contributed by atoms with Gasteiger partial charge in [0.05, 0.1) is 17.4 Å². The summed E-state index contributed by atoms with van der Waals surface area (Å²) in [6, 6.07) is 15.5. The number of nitrogens with zero attached hydrogens (tertiary/aromatic N) is 1. The van der Waals surface area contributed by atoms with E-state index in [9.17, 15) is 9.18 Å². The average molecular weight is 292 g/mol. The number of anilines is 1. The Balaban J connectivity index is 1.71. The van der Waals surface area contributed by atoms with Crippen molar-refractivity contribution >= 4 is 28.6 Å². The van der Waals surface area contributed by atoms with Gasteiger partial charge in [-0.3, -0.25) is 9.78 Å². The molecule has 3 aromatic rings. The second kappa shape index (κ2) is 6.18. The number of carbonyl (C=O) groups excluding carboxylic acids is 1. The van der Waals surface area contributed by atoms with E-state index in [2.05, 4.69) is 10.3 Å². The fourth-order valence-electron chi connectivity index (χ4n) is 2.07. The molecular formula is C18H13FN2O. The summed E-state index contributed by atoms with van der Waals surface area (Å²) in [5.41, 5.74) is 2.27. The van der Waals surface area contributed by atoms with E-state index in [1.807, 2.05) is 30.3 Å². The molecule has 1 amide bonds. The van der Waals surface area contributed by atoms with Crippen molar-refractivity contribution in [1.29, 1.82) is 0 Å². The molecule has 1 N–H and O–H groups in total. The van der Waals surface area contributed by atoms with E-state index in [1.54, 1.807) is 24.4 Å². The van der Waals surface area contributed by atoms with E-state index >= 15 is 0 Å². The molecule has 0 aliphatic carbocycles. The highest BCUT2D eigenvalue weighted by Crippen LogP contribution is 2.16. The number of halogens is 1. The lowest BCUT2D eigenvalue weighted by Gasteiger charge is -2.03. The van der Waals surface area contributed by atoms with E-state index < -0.39 is 0 Å². The first kappa shape index (κ1) is 13.9. The van der Waals surface area contributed by atoms with Crippen LogP contribution in [0, 0.1) is 5.82 Å². The van der Waals surface area contributed by atoms with Crippen LogP contribution in [0.5, 0.6) is 0 Å². The minimum Gasteiger partial charge on any atom is -0.321 e. The molecule has 0 atom stereocenters. The number of hydrogen-bond donors (Lipinski definition) is 1. The van der Waals surface area contributed by atoms with Crippen LogP contribution in [0.15, 0.2) is 66.9 Å². The third-order valence-electron chi connectivity index (χ3n) is 3.16. The molecule has 0 saturated carbocycles. The van der Waals surface area contributed by atoms with Gasteiger partial charge in [-0.25, -0.2) is 4.39 Å². The van der Waals surface area contributed by atoms with Gasteiger partial charge in [-0.15, -0.1) is 0 Å². The molecule has 1 heterocycles. The van der Waals surface area contributed by atoms with Crippen molar-refractivity contribution < 1.29 is 9.18 Å². The lowest BCUT2D eigenvalue weighted by molar-refractivity contribution is -0.111. The second-order valence-corrected chi connectivity index (χ2v) is 4.79. The van der Waals surface area contributed by atoms with Crippen molar-refractivity contribution in [2.75, 3.05) is 5.32 Å². The summed E-state index contributed by atoms with van der Waals surface area (Å²) < 4.78 is 12.8. The number of para-hydroxylation sites is 1. The molecule has 22 heavy (non-hydrogen) atoms. The molecule has 1 aromatic heterocycles. The Hall–Kier alpha value is -3.01. The third-order valence-corrected chi connectivity index (χ3v) is 3.16. The highest BCUT2D eigenvalue weighted by molar-refractivity contribution is 6.02. The Morgan fingerprint density at radius 2 is 1.86 bits per heavy atom. The van der Waals surface area contributed by atoms with Gasteiger partial charge in [0.1, 0.15) is 5.82 Å². The zero-order valence-electron chi connectivity index (χ0n) is 11.7. The number of nitrogens with one attached hydrogen (secondary N) is 1. The molecule has 3 nitrogen and oxygen atoms in total. The smallest absolute Gasteiger partial charge is 0.248 e. The molecule has 0 radical (unpaired) electrons. The first-order chi connectivity index (χ1) is 10.7. The summed E-state index contributed by atoms with van der Waals surface area (Å²) in [5, 5.41) is 3.71. The maximum Gasteiger partial charge on any atom is 0.248 e. The van der Waals surface area contributed by atoms with Crippen LogP contribution in [0.3, 0.4) is 0 Å². The van der Waals surface area contributed by atoms with Crippen LogP contribution < -0.4 is 5.32 Å². The van der Waals surface area contributed by atoms with Gasteiger partial charge in [0.15, 0.2) is 0 Å². The second-order valence-electron chi connectivity index (χ2n) is 4.79. The third kappa shape index (κ3) is 3.35. The van der Waals surface area contributed by atoms with Crippen molar-refractivity contribution in [2.45, 2.75) is 0 Å². The summed E-state index contributed by atoms with van der Waals surface area (Å²) in [7, 11) is 0. The summed E-state index contributed by atoms with van der Waals surface area (Å²) in [6.45, 7) is 0. The van der Waals surface area contributed by atoms with Crippen LogP contribution in [-0.2, 0) is 4.79 Å². The van der Waals surface area contributed by atoms with Gasteiger partial charge < -0.3 is 5.32 Å². The fraction of sp³-hybridized carbons (Fsp3) is 0. The number of benzene rings is 2. The standard InChI is InChI=1S/C18H13FN2O/c19-15-8-5-13(6-9-15)7-10-18(22)21-16-11-14-3-1-2-4-17(14)20-12-16/h1-12H,(H,21,22)/b10-7+. The van der Waals surface area contributed by atoms with Gasteiger partial charge >= 0.3 is 0 Å². The van der Waals surface area contributed by atoms with Crippen molar-refractivity contribution in [1.82, 2.24) is 4.98 Å². The Labute approximate surface area is 127 Å². The lowest BCUT2D eigenvalue weighted by atomic mass is 10.2. The van der Waals surface area contributed by atoms with Crippen molar-refractivity contribution in [3.05, 3.63) is 78.3 Å². The summed E-state index contributed by atoms with van der Waals surface area (Å²) in [5.74, 6) is -0.565. The zero-order valence-corrected chi connectivity index (χ0v) is 11.7. The molecule has 2 aromatic carbocycles. The van der Waals surface area contributed by atoms with Crippen LogP contribution in [0.25, 0.3) is 17.0 Å². The number of aromatic nitrogens is 1. The molecule has 0 aliphatic rings. The number of pyridine rings is 1. The number of fused-ring (bicyclic) bond motifs is 1. The highest BCUT2D eigenvalue weighted by Gasteiger charge is 2.00. The number of amides is 1. The quantitative estimate of drug-likeness (QED) is 0.741. The molecule has 0 unspecified atom stereocenters. The highest BCUT2D eigenvalue weighted by atomic mass is 19.1. The van der Waals surface area contributed by atoms with Gasteiger partial charge in [0.2, 0.25) is 5.91 Å². The SMILES string of the molecule is O=C(/C=C/c1ccc(F)cc1)Nc1cnc2ccccc2c1. The first-order valence-electron chi connectivity index (χ1n) is 6.80. The van der Waals surface area contributed by atoms with Crippen LogP contribution >= 0.6 is 0 Å². The van der Waals surface area contributed by atoms with Crippen LogP contribution in [-0.4, -0.2) is 10.9 Å². The summed E-state index contributed by atoms with van der Waals surface area (Å²) in [6.07, 6.45) is 4.65. The number of carbonyl (C=O) groups is 1. The molecule has 3 rings (SSSR count). The van der Waals surface area contributed by atoms with Crippen molar-refractivity contribution in [3.63, 3.8) is 0 Å². The van der Waals surface area contributed by atoms with Crippen molar-refractivity contribution in [3.8, 4) is 0 Å². The van der Waals surface area contributed by atoms with Crippen LogP contribution in [0.2, 0.25) is 0 Å². The average Bonchev–Trinajstić information content (AvgIpc) is 2.54. The summed E-state index contributed by atoms with van der Waals surface area (Å²) in [4.78, 5) is 16.2. The number of hydrogen-bond acceptors (Lipinski definition) is 2. The minimum absolute atomic E-state index is 0.263. The predicted octanol–water partition coefficient (Wildman–Crippen LogP) is 4.03. The van der Waals surface area contributed by atoms with Gasteiger partial charge in [-0.1, -0.05) is 30.3 Å². The Bertz CT molecular complexity index is 841. The largest absolute Gasteiger partial charge is 0.321 e. The van der Waals surface area contributed by atoms with Crippen LogP contribution in [0.4, 0.5) is 10.1 Å². The fourth-order valence-corrected chi connectivity index (χ4v) is 2.07. The minimum atomic E-state index is -0.302. The molecule has 0 saturated heterocycles. The van der Waals surface area contributed by atoms with Crippen molar-refractivity contribution in [2.24, 2.45) is 0 Å². The van der Waals surface area contributed by atoms with Gasteiger partial charge in [0, 0.05) is 11.5 Å². The summed E-state index contributed by atoms with van der Waals surface area (Å²) >= 11 is 0. The van der Waals surface area contributed by atoms with Gasteiger partial charge in [-0.2, -0.15) is 0 Å². The Kier molecular flexibility index (Phi) is 3.92. The van der Waals surface area contributed by atoms with Gasteiger partial charge in [0.25, 0.3) is 0 Å². The topological polar surface area (TPSA) is 42.0 Å². The first-order valence-corrected chi connectivity index (χ1v) is 6.80. The monoisotopic (exact) mass is 292 g/mol. The molecular weight excluding hydrogens is 279 g/mol. The van der Waals surface area contributed by atoms with E-state index in [1.165, 1.54) is 18.2 Å². The van der Waals surface area contributed by atoms with E-state index in [4.69, 9.17) is 0 Å². The lowest BCUT2D eigenvalue weighted by Crippen LogP contribution is -2.07.